The number of hydrogen-bond donors (Lipinski definition) is 3. The summed E-state index contributed by atoms with van der Waals surface area (Å²) in [6, 6.07) is 3.71. The number of ether oxygens (including phenoxy) is 2. The minimum atomic E-state index is -4.05. The van der Waals surface area contributed by atoms with E-state index in [0.717, 1.165) is 6.07 Å². The zero-order valence-corrected chi connectivity index (χ0v) is 14.6. The van der Waals surface area contributed by atoms with Crippen molar-refractivity contribution in [3.8, 4) is 5.75 Å². The second kappa shape index (κ2) is 7.49. The van der Waals surface area contributed by atoms with Gasteiger partial charge in [-0.25, -0.2) is 13.2 Å². The van der Waals surface area contributed by atoms with Crippen molar-refractivity contribution in [3.63, 3.8) is 0 Å². The van der Waals surface area contributed by atoms with E-state index in [0.29, 0.717) is 0 Å². The minimum Gasteiger partial charge on any atom is -0.495 e. The number of rotatable bonds is 6. The summed E-state index contributed by atoms with van der Waals surface area (Å²) in [5, 5.41) is 11.0. The van der Waals surface area contributed by atoms with E-state index in [1.165, 1.54) is 19.2 Å². The second-order valence-corrected chi connectivity index (χ2v) is 7.47. The number of sulfonamides is 1. The van der Waals surface area contributed by atoms with Crippen molar-refractivity contribution in [2.75, 3.05) is 19.0 Å². The number of amides is 1. The zero-order chi connectivity index (χ0) is 18.5. The predicted octanol–water partition coefficient (Wildman–Crippen LogP) is 1.41. The molecule has 0 unspecified atom stereocenters. The topological polar surface area (TPSA) is 131 Å². The number of hydrogen-bond acceptors (Lipinski definition) is 6. The molecule has 24 heavy (non-hydrogen) atoms. The molecule has 3 N–H and O–H groups in total. The fourth-order valence-electron chi connectivity index (χ4n) is 1.61. The number of anilines is 1. The first-order valence-corrected chi connectivity index (χ1v) is 8.32. The van der Waals surface area contributed by atoms with Crippen molar-refractivity contribution in [1.82, 2.24) is 4.72 Å². The van der Waals surface area contributed by atoms with E-state index < -0.39 is 34.2 Å². The summed E-state index contributed by atoms with van der Waals surface area (Å²) < 4.78 is 36.2. The van der Waals surface area contributed by atoms with Crippen LogP contribution in [0.3, 0.4) is 0 Å². The molecule has 0 heterocycles. The largest absolute Gasteiger partial charge is 0.495 e. The third-order valence-corrected chi connectivity index (χ3v) is 3.93. The molecule has 134 valence electrons. The van der Waals surface area contributed by atoms with Crippen LogP contribution in [0.25, 0.3) is 0 Å². The van der Waals surface area contributed by atoms with Gasteiger partial charge in [0.15, 0.2) is 0 Å². The highest BCUT2D eigenvalue weighted by molar-refractivity contribution is 7.89. The van der Waals surface area contributed by atoms with Gasteiger partial charge in [0.25, 0.3) is 0 Å². The number of methoxy groups -OCH3 is 1. The Morgan fingerprint density at radius 2 is 1.88 bits per heavy atom. The molecule has 1 aromatic rings. The van der Waals surface area contributed by atoms with Crippen LogP contribution in [0.15, 0.2) is 23.1 Å². The maximum atomic E-state index is 12.0. The highest BCUT2D eigenvalue weighted by Gasteiger charge is 2.21. The molecule has 0 aliphatic heterocycles. The fraction of sp³-hybridized carbons (Fsp3) is 0.429. The van der Waals surface area contributed by atoms with Crippen molar-refractivity contribution < 1.29 is 32.6 Å². The number of carbonyl (C=O) groups is 2. The number of carbonyl (C=O) groups excluding carboxylic acids is 1. The Balaban J connectivity index is 3.08. The predicted molar refractivity (Wildman–Crippen MR) is 85.7 cm³/mol. The van der Waals surface area contributed by atoms with E-state index in [9.17, 15) is 18.0 Å². The van der Waals surface area contributed by atoms with Gasteiger partial charge in [-0.15, -0.1) is 0 Å². The Hall–Kier alpha value is -2.33. The van der Waals surface area contributed by atoms with Gasteiger partial charge in [-0.2, -0.15) is 4.72 Å². The van der Waals surface area contributed by atoms with Crippen LogP contribution in [-0.2, 0) is 19.6 Å². The summed E-state index contributed by atoms with van der Waals surface area (Å²) in [6.07, 6.45) is -0.783. The minimum absolute atomic E-state index is 0.0740. The highest BCUT2D eigenvalue weighted by atomic mass is 32.2. The highest BCUT2D eigenvalue weighted by Crippen LogP contribution is 2.28. The van der Waals surface area contributed by atoms with Crippen LogP contribution in [0.2, 0.25) is 0 Å². The fourth-order valence-corrected chi connectivity index (χ4v) is 2.61. The standard InChI is InChI=1S/C14H20N2O7S/c1-14(2,3)23-13(19)16-10-7-9(5-6-11(10)22-4)24(20,21)15-8-12(17)18/h5-7,15H,8H2,1-4H3,(H,16,19)(H,17,18). The van der Waals surface area contributed by atoms with Crippen molar-refractivity contribution in [2.24, 2.45) is 0 Å². The third kappa shape index (κ3) is 6.05. The van der Waals surface area contributed by atoms with Crippen LogP contribution < -0.4 is 14.8 Å². The third-order valence-electron chi connectivity index (χ3n) is 2.53. The summed E-state index contributed by atoms with van der Waals surface area (Å²) >= 11 is 0. The molecule has 0 aliphatic rings. The lowest BCUT2D eigenvalue weighted by molar-refractivity contribution is -0.135. The normalized spacial score (nSPS) is 11.7. The maximum absolute atomic E-state index is 12.0. The van der Waals surface area contributed by atoms with Gasteiger partial charge in [-0.05, 0) is 39.0 Å². The average Bonchev–Trinajstić information content (AvgIpc) is 2.43. The van der Waals surface area contributed by atoms with Crippen LogP contribution in [0, 0.1) is 0 Å². The molecule has 0 spiro atoms. The maximum Gasteiger partial charge on any atom is 0.412 e. The van der Waals surface area contributed by atoms with E-state index in [2.05, 4.69) is 5.32 Å². The molecule has 1 amide bonds. The molecule has 0 aliphatic carbocycles. The first-order chi connectivity index (χ1) is 10.9. The van der Waals surface area contributed by atoms with Gasteiger partial charge in [-0.3, -0.25) is 10.1 Å². The molecule has 1 aromatic carbocycles. The Labute approximate surface area is 140 Å². The first kappa shape index (κ1) is 19.7. The van der Waals surface area contributed by atoms with E-state index in [4.69, 9.17) is 14.6 Å². The van der Waals surface area contributed by atoms with Gasteiger partial charge in [0, 0.05) is 0 Å². The van der Waals surface area contributed by atoms with Crippen molar-refractivity contribution in [3.05, 3.63) is 18.2 Å². The van der Waals surface area contributed by atoms with Crippen LogP contribution in [-0.4, -0.2) is 44.8 Å². The summed E-state index contributed by atoms with van der Waals surface area (Å²) in [6.45, 7) is 4.28. The average molecular weight is 360 g/mol. The summed E-state index contributed by atoms with van der Waals surface area (Å²) in [5.41, 5.74) is -0.658. The van der Waals surface area contributed by atoms with E-state index in [1.807, 2.05) is 4.72 Å². The zero-order valence-electron chi connectivity index (χ0n) is 13.7. The number of carboxylic acid groups (broad SMARTS) is 1. The lowest BCUT2D eigenvalue weighted by atomic mass is 10.2. The van der Waals surface area contributed by atoms with Crippen LogP contribution in [0.5, 0.6) is 5.75 Å². The van der Waals surface area contributed by atoms with Gasteiger partial charge in [0.1, 0.15) is 17.9 Å². The SMILES string of the molecule is COc1ccc(S(=O)(=O)NCC(=O)O)cc1NC(=O)OC(C)(C)C. The molecular formula is C14H20N2O7S. The van der Waals surface area contributed by atoms with E-state index >= 15 is 0 Å². The van der Waals surface area contributed by atoms with E-state index in [-0.39, 0.29) is 16.3 Å². The molecule has 0 atom stereocenters. The molecule has 0 fully saturated rings. The Morgan fingerprint density at radius 1 is 1.25 bits per heavy atom. The molecule has 0 bridgehead atoms. The molecule has 0 saturated heterocycles. The Kier molecular flexibility index (Phi) is 6.16. The van der Waals surface area contributed by atoms with Gasteiger partial charge >= 0.3 is 12.1 Å². The molecule has 0 radical (unpaired) electrons. The summed E-state index contributed by atoms with van der Waals surface area (Å²) in [5.74, 6) is -1.10. The first-order valence-electron chi connectivity index (χ1n) is 6.84. The Bertz CT molecular complexity index is 723. The van der Waals surface area contributed by atoms with Gasteiger partial charge in [0.05, 0.1) is 17.7 Å². The van der Waals surface area contributed by atoms with Gasteiger partial charge in [-0.1, -0.05) is 0 Å². The molecule has 0 aromatic heterocycles. The lowest BCUT2D eigenvalue weighted by Crippen LogP contribution is -2.30. The number of aliphatic carboxylic acids is 1. The number of nitrogens with one attached hydrogen (secondary N) is 2. The molecule has 10 heteroatoms. The Morgan fingerprint density at radius 3 is 2.38 bits per heavy atom. The van der Waals surface area contributed by atoms with Crippen LogP contribution in [0.4, 0.5) is 10.5 Å². The van der Waals surface area contributed by atoms with Crippen LogP contribution in [0.1, 0.15) is 20.8 Å². The lowest BCUT2D eigenvalue weighted by Gasteiger charge is -2.20. The molecule has 9 nitrogen and oxygen atoms in total. The van der Waals surface area contributed by atoms with Crippen LogP contribution >= 0.6 is 0 Å². The smallest absolute Gasteiger partial charge is 0.412 e. The number of carboxylic acids is 1. The van der Waals surface area contributed by atoms with E-state index in [1.54, 1.807) is 20.8 Å². The quantitative estimate of drug-likeness (QED) is 0.699. The summed E-state index contributed by atoms with van der Waals surface area (Å²) in [7, 11) is -2.70. The molecule has 1 rings (SSSR count). The van der Waals surface area contributed by atoms with Crippen molar-refractivity contribution in [1.29, 1.82) is 0 Å². The molecule has 0 saturated carbocycles. The second-order valence-electron chi connectivity index (χ2n) is 5.71. The van der Waals surface area contributed by atoms with Crippen molar-refractivity contribution in [2.45, 2.75) is 31.3 Å². The van der Waals surface area contributed by atoms with Crippen molar-refractivity contribution >= 4 is 27.8 Å². The monoisotopic (exact) mass is 360 g/mol. The molecular weight excluding hydrogens is 340 g/mol. The number of benzene rings is 1. The summed E-state index contributed by atoms with van der Waals surface area (Å²) in [4.78, 5) is 22.1. The van der Waals surface area contributed by atoms with Gasteiger partial charge < -0.3 is 14.6 Å². The van der Waals surface area contributed by atoms with Gasteiger partial charge in [0.2, 0.25) is 10.0 Å².